The Morgan fingerprint density at radius 2 is 1.45 bits per heavy atom. The lowest BCUT2D eigenvalue weighted by molar-refractivity contribution is -0.142. The van der Waals surface area contributed by atoms with Crippen LogP contribution in [0.5, 0.6) is 0 Å². The maximum atomic E-state index is 12.5. The van der Waals surface area contributed by atoms with E-state index in [2.05, 4.69) is 15.6 Å². The monoisotopic (exact) mass is 416 g/mol. The molecule has 0 bridgehead atoms. The van der Waals surface area contributed by atoms with Crippen LogP contribution >= 0.6 is 0 Å². The molecule has 13 N–H and O–H groups in total. The molecule has 14 nitrogen and oxygen atoms in total. The van der Waals surface area contributed by atoms with Gasteiger partial charge < -0.3 is 44.4 Å². The van der Waals surface area contributed by atoms with E-state index in [1.807, 2.05) is 0 Å². The minimum Gasteiger partial charge on any atom is -0.480 e. The number of carbonyl (C=O) groups is 5. The van der Waals surface area contributed by atoms with E-state index in [0.717, 1.165) is 0 Å². The topological polar surface area (TPSA) is 272 Å². The highest BCUT2D eigenvalue weighted by Crippen LogP contribution is 2.04. The Hall–Kier alpha value is -3.42. The van der Waals surface area contributed by atoms with E-state index in [0.29, 0.717) is 0 Å². The van der Waals surface area contributed by atoms with Crippen molar-refractivity contribution >= 4 is 35.6 Å². The number of aliphatic imine (C=N–C) groups is 1. The Balaban J connectivity index is 5.07. The number of carboxylic acid groups (broad SMARTS) is 1. The van der Waals surface area contributed by atoms with Crippen LogP contribution in [0.4, 0.5) is 0 Å². The average molecular weight is 416 g/mol. The van der Waals surface area contributed by atoms with E-state index in [-0.39, 0.29) is 38.2 Å². The molecule has 0 aromatic heterocycles. The number of hydrogen-bond donors (Lipinski definition) is 8. The van der Waals surface area contributed by atoms with Gasteiger partial charge in [-0.05, 0) is 19.3 Å². The summed E-state index contributed by atoms with van der Waals surface area (Å²) in [6, 6.07) is -3.90. The lowest BCUT2D eigenvalue weighted by Crippen LogP contribution is -2.55. The van der Waals surface area contributed by atoms with Gasteiger partial charge >= 0.3 is 5.97 Å². The van der Waals surface area contributed by atoms with Crippen LogP contribution in [0.1, 0.15) is 32.1 Å². The number of carbonyl (C=O) groups excluding carboxylic acids is 4. The molecule has 0 heterocycles. The smallest absolute Gasteiger partial charge is 0.326 e. The van der Waals surface area contributed by atoms with E-state index in [4.69, 9.17) is 28.7 Å². The highest BCUT2D eigenvalue weighted by molar-refractivity contribution is 5.93. The lowest BCUT2D eigenvalue weighted by atomic mass is 10.1. The Morgan fingerprint density at radius 3 is 1.93 bits per heavy atom. The van der Waals surface area contributed by atoms with Gasteiger partial charge in [-0.1, -0.05) is 0 Å². The molecule has 3 atom stereocenters. The summed E-state index contributed by atoms with van der Waals surface area (Å²) in [5.74, 6) is -4.74. The summed E-state index contributed by atoms with van der Waals surface area (Å²) in [6.07, 6.45) is -0.646. The van der Waals surface area contributed by atoms with Crippen molar-refractivity contribution in [3.63, 3.8) is 0 Å². The minimum absolute atomic E-state index is 0.00945. The largest absolute Gasteiger partial charge is 0.480 e. The van der Waals surface area contributed by atoms with Gasteiger partial charge in [0, 0.05) is 13.0 Å². The summed E-state index contributed by atoms with van der Waals surface area (Å²) in [4.78, 5) is 61.5. The van der Waals surface area contributed by atoms with E-state index < -0.39 is 54.1 Å². The molecular weight excluding hydrogens is 388 g/mol. The fraction of sp³-hybridized carbons (Fsp3) is 0.600. The summed E-state index contributed by atoms with van der Waals surface area (Å²) in [6.45, 7) is 0.159. The van der Waals surface area contributed by atoms with E-state index in [1.54, 1.807) is 0 Å². The molecule has 29 heavy (non-hydrogen) atoms. The van der Waals surface area contributed by atoms with Gasteiger partial charge in [-0.3, -0.25) is 24.2 Å². The number of aliphatic carboxylic acids is 1. The van der Waals surface area contributed by atoms with Crippen molar-refractivity contribution in [3.8, 4) is 0 Å². The normalized spacial score (nSPS) is 13.4. The van der Waals surface area contributed by atoms with Crippen molar-refractivity contribution in [2.24, 2.45) is 33.7 Å². The minimum atomic E-state index is -1.31. The highest BCUT2D eigenvalue weighted by Gasteiger charge is 2.28. The maximum Gasteiger partial charge on any atom is 0.326 e. The van der Waals surface area contributed by atoms with Crippen LogP contribution < -0.4 is 39.3 Å². The summed E-state index contributed by atoms with van der Waals surface area (Å²) in [7, 11) is 0. The third-order valence-electron chi connectivity index (χ3n) is 3.63. The second-order valence-corrected chi connectivity index (χ2v) is 6.19. The van der Waals surface area contributed by atoms with Gasteiger partial charge in [0.25, 0.3) is 0 Å². The average Bonchev–Trinajstić information content (AvgIpc) is 2.59. The van der Waals surface area contributed by atoms with E-state index >= 15 is 0 Å². The molecule has 0 aromatic rings. The summed E-state index contributed by atoms with van der Waals surface area (Å²) in [5.41, 5.74) is 25.9. The fourth-order valence-electron chi connectivity index (χ4n) is 2.18. The Labute approximate surface area is 166 Å². The van der Waals surface area contributed by atoms with E-state index in [9.17, 15) is 29.1 Å². The van der Waals surface area contributed by atoms with Crippen molar-refractivity contribution in [3.05, 3.63) is 0 Å². The quantitative estimate of drug-likeness (QED) is 0.0769. The van der Waals surface area contributed by atoms with Gasteiger partial charge in [0.1, 0.15) is 12.1 Å². The Bertz CT molecular complexity index is 649. The van der Waals surface area contributed by atoms with Crippen molar-refractivity contribution in [2.45, 2.75) is 50.2 Å². The molecule has 0 spiro atoms. The highest BCUT2D eigenvalue weighted by atomic mass is 16.4. The number of hydrogen-bond acceptors (Lipinski definition) is 7. The Morgan fingerprint density at radius 1 is 0.862 bits per heavy atom. The van der Waals surface area contributed by atoms with Crippen molar-refractivity contribution in [1.29, 1.82) is 0 Å². The van der Waals surface area contributed by atoms with Crippen LogP contribution in [0.2, 0.25) is 0 Å². The summed E-state index contributed by atoms with van der Waals surface area (Å²) in [5, 5.41) is 13.8. The standard InChI is InChI=1S/C15H28N8O6/c16-7(6-11(18)25)12(26)22-8(3-4-10(17)24)13(27)23-9(14(28)29)2-1-5-21-15(19)20/h7-9H,1-6,16H2,(H2,17,24)(H2,18,25)(H,22,26)(H,23,27)(H,28,29)(H4,19,20,21). The number of carboxylic acids is 1. The van der Waals surface area contributed by atoms with Crippen LogP contribution in [0.3, 0.4) is 0 Å². The molecule has 0 aromatic carbocycles. The van der Waals surface area contributed by atoms with Crippen molar-refractivity contribution < 1.29 is 29.1 Å². The number of nitrogens with two attached hydrogens (primary N) is 5. The fourth-order valence-corrected chi connectivity index (χ4v) is 2.18. The predicted molar refractivity (Wildman–Crippen MR) is 102 cm³/mol. The molecule has 0 rings (SSSR count). The number of primary amides is 2. The zero-order chi connectivity index (χ0) is 22.6. The first-order valence-electron chi connectivity index (χ1n) is 8.65. The SMILES string of the molecule is NC(=O)CCC(NC(=O)C(N)CC(N)=O)C(=O)NC(CCCN=C(N)N)C(=O)O. The van der Waals surface area contributed by atoms with Crippen molar-refractivity contribution in [2.75, 3.05) is 6.54 Å². The first kappa shape index (κ1) is 25.6. The molecule has 3 unspecified atom stereocenters. The Kier molecular flexibility index (Phi) is 11.4. The third kappa shape index (κ3) is 11.8. The first-order chi connectivity index (χ1) is 13.4. The molecule has 0 saturated heterocycles. The van der Waals surface area contributed by atoms with E-state index in [1.165, 1.54) is 0 Å². The third-order valence-corrected chi connectivity index (χ3v) is 3.63. The van der Waals surface area contributed by atoms with Crippen LogP contribution in [0.25, 0.3) is 0 Å². The van der Waals surface area contributed by atoms with Crippen LogP contribution in [0.15, 0.2) is 4.99 Å². The zero-order valence-electron chi connectivity index (χ0n) is 15.8. The number of guanidine groups is 1. The van der Waals surface area contributed by atoms with Gasteiger partial charge in [0.05, 0.1) is 12.5 Å². The van der Waals surface area contributed by atoms with Gasteiger partial charge in [0.15, 0.2) is 5.96 Å². The summed E-state index contributed by atoms with van der Waals surface area (Å²) < 4.78 is 0. The van der Waals surface area contributed by atoms with Gasteiger partial charge in [-0.25, -0.2) is 4.79 Å². The maximum absolute atomic E-state index is 12.5. The molecule has 164 valence electrons. The molecular formula is C15H28N8O6. The molecule has 0 aliphatic heterocycles. The van der Waals surface area contributed by atoms with Crippen LogP contribution in [-0.4, -0.2) is 65.3 Å². The second-order valence-electron chi connectivity index (χ2n) is 6.19. The molecule has 0 aliphatic carbocycles. The molecule has 0 aliphatic rings. The number of nitrogens with one attached hydrogen (secondary N) is 2. The van der Waals surface area contributed by atoms with Crippen LogP contribution in [0, 0.1) is 0 Å². The predicted octanol–water partition coefficient (Wildman–Crippen LogP) is -4.44. The summed E-state index contributed by atoms with van der Waals surface area (Å²) >= 11 is 0. The molecule has 14 heteroatoms. The molecule has 0 fully saturated rings. The molecule has 0 radical (unpaired) electrons. The number of nitrogens with zero attached hydrogens (tertiary/aromatic N) is 1. The van der Waals surface area contributed by atoms with Gasteiger partial charge in [-0.2, -0.15) is 0 Å². The van der Waals surface area contributed by atoms with Crippen LogP contribution in [-0.2, 0) is 24.0 Å². The molecule has 4 amide bonds. The van der Waals surface area contributed by atoms with Crippen molar-refractivity contribution in [1.82, 2.24) is 10.6 Å². The van der Waals surface area contributed by atoms with Gasteiger partial charge in [0.2, 0.25) is 23.6 Å². The second kappa shape index (κ2) is 12.9. The molecule has 0 saturated carbocycles. The first-order valence-corrected chi connectivity index (χ1v) is 8.65. The zero-order valence-corrected chi connectivity index (χ0v) is 15.8. The lowest BCUT2D eigenvalue weighted by Gasteiger charge is -2.22. The van der Waals surface area contributed by atoms with Gasteiger partial charge in [-0.15, -0.1) is 0 Å². The number of amides is 4. The number of rotatable bonds is 14.